The molecule has 1 aromatic carbocycles. The molecular formula is C14H18ClN5OS. The van der Waals surface area contributed by atoms with Crippen LogP contribution >= 0.6 is 23.4 Å². The molecule has 0 spiro atoms. The Morgan fingerprint density at radius 2 is 2.18 bits per heavy atom. The molecular weight excluding hydrogens is 322 g/mol. The zero-order valence-corrected chi connectivity index (χ0v) is 14.0. The Balaban J connectivity index is 2.06. The fourth-order valence-electron chi connectivity index (χ4n) is 1.75. The number of amides is 1. The average molecular weight is 340 g/mol. The summed E-state index contributed by atoms with van der Waals surface area (Å²) in [5.41, 5.74) is 0.704. The van der Waals surface area contributed by atoms with Crippen molar-refractivity contribution in [2.45, 2.75) is 31.5 Å². The van der Waals surface area contributed by atoms with Crippen molar-refractivity contribution in [2.24, 2.45) is 0 Å². The van der Waals surface area contributed by atoms with Gasteiger partial charge in [-0.15, -0.1) is 10.2 Å². The van der Waals surface area contributed by atoms with Crippen LogP contribution in [0.1, 0.15) is 20.3 Å². The Kier molecular flexibility index (Phi) is 5.68. The van der Waals surface area contributed by atoms with E-state index in [0.717, 1.165) is 6.42 Å². The summed E-state index contributed by atoms with van der Waals surface area (Å²) in [6.07, 6.45) is 0.889. The molecule has 1 aromatic heterocycles. The number of carbonyl (C=O) groups excluding carboxylic acids is 1. The third-order valence-electron chi connectivity index (χ3n) is 3.13. The van der Waals surface area contributed by atoms with Gasteiger partial charge in [0.2, 0.25) is 11.1 Å². The Hall–Kier alpha value is -1.73. The van der Waals surface area contributed by atoms with Gasteiger partial charge in [0.1, 0.15) is 0 Å². The van der Waals surface area contributed by atoms with Crippen molar-refractivity contribution in [3.63, 3.8) is 0 Å². The highest BCUT2D eigenvalue weighted by Crippen LogP contribution is 2.27. The maximum atomic E-state index is 11.8. The Labute approximate surface area is 138 Å². The first-order valence-electron chi connectivity index (χ1n) is 6.90. The van der Waals surface area contributed by atoms with Crippen LogP contribution in [0.3, 0.4) is 0 Å². The summed E-state index contributed by atoms with van der Waals surface area (Å²) in [4.78, 5) is 11.8. The van der Waals surface area contributed by atoms with Crippen LogP contribution in [-0.4, -0.2) is 32.6 Å². The number of nitrogens with two attached hydrogens (primary N) is 1. The lowest BCUT2D eigenvalue weighted by Gasteiger charge is -2.10. The van der Waals surface area contributed by atoms with Gasteiger partial charge in [0.15, 0.2) is 5.82 Å². The number of nitrogens with zero attached hydrogens (tertiary/aromatic N) is 3. The fourth-order valence-corrected chi connectivity index (χ4v) is 2.64. The monoisotopic (exact) mass is 339 g/mol. The van der Waals surface area contributed by atoms with E-state index in [1.807, 2.05) is 32.0 Å². The van der Waals surface area contributed by atoms with Crippen LogP contribution in [0.25, 0.3) is 11.4 Å². The van der Waals surface area contributed by atoms with Crippen molar-refractivity contribution >= 4 is 29.3 Å². The van der Waals surface area contributed by atoms with E-state index in [4.69, 9.17) is 17.4 Å². The Morgan fingerprint density at radius 3 is 2.86 bits per heavy atom. The highest BCUT2D eigenvalue weighted by atomic mass is 35.5. The van der Waals surface area contributed by atoms with Crippen molar-refractivity contribution in [3.05, 3.63) is 29.3 Å². The molecule has 2 rings (SSSR count). The van der Waals surface area contributed by atoms with Crippen molar-refractivity contribution in [1.82, 2.24) is 20.2 Å². The highest BCUT2D eigenvalue weighted by molar-refractivity contribution is 7.99. The second kappa shape index (κ2) is 7.51. The molecule has 118 valence electrons. The molecule has 1 amide bonds. The van der Waals surface area contributed by atoms with Gasteiger partial charge in [-0.3, -0.25) is 4.79 Å². The van der Waals surface area contributed by atoms with Gasteiger partial charge in [-0.25, -0.2) is 4.68 Å². The second-order valence-corrected chi connectivity index (χ2v) is 6.17. The number of benzene rings is 1. The number of rotatable bonds is 6. The van der Waals surface area contributed by atoms with Crippen LogP contribution < -0.4 is 11.2 Å². The lowest BCUT2D eigenvalue weighted by atomic mass is 10.2. The van der Waals surface area contributed by atoms with Crippen LogP contribution in [0, 0.1) is 0 Å². The number of hydrogen-bond donors (Lipinski definition) is 2. The summed E-state index contributed by atoms with van der Waals surface area (Å²) < 4.78 is 1.35. The van der Waals surface area contributed by atoms with E-state index in [9.17, 15) is 4.79 Å². The summed E-state index contributed by atoms with van der Waals surface area (Å²) >= 11 is 7.37. The van der Waals surface area contributed by atoms with Gasteiger partial charge < -0.3 is 11.2 Å². The van der Waals surface area contributed by atoms with Gasteiger partial charge in [0.05, 0.1) is 10.8 Å². The van der Waals surface area contributed by atoms with Crippen LogP contribution in [0.15, 0.2) is 29.4 Å². The molecule has 0 fully saturated rings. The Bertz CT molecular complexity index is 660. The SMILES string of the molecule is CC[C@@H](C)NC(=O)CSc1nnc(-c2ccccc2Cl)n1N. The van der Waals surface area contributed by atoms with E-state index < -0.39 is 0 Å². The summed E-state index contributed by atoms with van der Waals surface area (Å²) in [6.45, 7) is 3.98. The first-order valence-corrected chi connectivity index (χ1v) is 8.26. The number of halogens is 1. The highest BCUT2D eigenvalue weighted by Gasteiger charge is 2.15. The summed E-state index contributed by atoms with van der Waals surface area (Å²) in [5, 5.41) is 12.0. The fraction of sp³-hybridized carbons (Fsp3) is 0.357. The van der Waals surface area contributed by atoms with Gasteiger partial charge in [-0.05, 0) is 25.5 Å². The number of carbonyl (C=O) groups is 1. The van der Waals surface area contributed by atoms with Gasteiger partial charge >= 0.3 is 0 Å². The third-order valence-corrected chi connectivity index (χ3v) is 4.40. The van der Waals surface area contributed by atoms with E-state index in [1.165, 1.54) is 16.4 Å². The predicted molar refractivity (Wildman–Crippen MR) is 89.2 cm³/mol. The largest absolute Gasteiger partial charge is 0.353 e. The lowest BCUT2D eigenvalue weighted by molar-refractivity contribution is -0.119. The minimum absolute atomic E-state index is 0.0540. The quantitative estimate of drug-likeness (QED) is 0.623. The molecule has 2 aromatic rings. The van der Waals surface area contributed by atoms with Gasteiger partial charge in [-0.2, -0.15) is 0 Å². The first-order chi connectivity index (χ1) is 10.5. The number of hydrogen-bond acceptors (Lipinski definition) is 5. The zero-order valence-electron chi connectivity index (χ0n) is 12.4. The van der Waals surface area contributed by atoms with Crippen molar-refractivity contribution in [1.29, 1.82) is 0 Å². The normalized spacial score (nSPS) is 12.1. The summed E-state index contributed by atoms with van der Waals surface area (Å²) in [6, 6.07) is 7.42. The minimum atomic E-state index is -0.0540. The van der Waals surface area contributed by atoms with Crippen molar-refractivity contribution < 1.29 is 4.79 Å². The second-order valence-electron chi connectivity index (χ2n) is 4.82. The maximum Gasteiger partial charge on any atom is 0.230 e. The van der Waals surface area contributed by atoms with Gasteiger partial charge in [0.25, 0.3) is 0 Å². The number of thioether (sulfide) groups is 1. The van der Waals surface area contributed by atoms with Crippen LogP contribution in [0.2, 0.25) is 5.02 Å². The summed E-state index contributed by atoms with van der Waals surface area (Å²) in [5.74, 6) is 6.65. The van der Waals surface area contributed by atoms with E-state index in [-0.39, 0.29) is 17.7 Å². The molecule has 6 nitrogen and oxygen atoms in total. The van der Waals surface area contributed by atoms with Crippen LogP contribution in [0.5, 0.6) is 0 Å². The summed E-state index contributed by atoms with van der Waals surface area (Å²) in [7, 11) is 0. The smallest absolute Gasteiger partial charge is 0.230 e. The molecule has 3 N–H and O–H groups in total. The number of nitrogens with one attached hydrogen (secondary N) is 1. The van der Waals surface area contributed by atoms with E-state index in [0.29, 0.717) is 21.6 Å². The molecule has 0 unspecified atom stereocenters. The molecule has 0 aliphatic carbocycles. The molecule has 0 radical (unpaired) electrons. The molecule has 0 aliphatic heterocycles. The topological polar surface area (TPSA) is 85.8 Å². The number of aromatic nitrogens is 3. The van der Waals surface area contributed by atoms with Crippen LogP contribution in [0.4, 0.5) is 0 Å². The minimum Gasteiger partial charge on any atom is -0.353 e. The van der Waals surface area contributed by atoms with Crippen molar-refractivity contribution in [3.8, 4) is 11.4 Å². The molecule has 0 saturated carbocycles. The molecule has 0 aliphatic rings. The molecule has 8 heteroatoms. The Morgan fingerprint density at radius 1 is 1.45 bits per heavy atom. The average Bonchev–Trinajstić information content (AvgIpc) is 2.86. The maximum absolute atomic E-state index is 11.8. The molecule has 1 heterocycles. The van der Waals surface area contributed by atoms with Crippen LogP contribution in [-0.2, 0) is 4.79 Å². The third kappa shape index (κ3) is 3.92. The van der Waals surface area contributed by atoms with Crippen molar-refractivity contribution in [2.75, 3.05) is 11.6 Å². The lowest BCUT2D eigenvalue weighted by Crippen LogP contribution is -2.33. The van der Waals surface area contributed by atoms with E-state index in [1.54, 1.807) is 6.07 Å². The molecule has 0 saturated heterocycles. The van der Waals surface area contributed by atoms with Gasteiger partial charge in [-0.1, -0.05) is 42.4 Å². The molecule has 1 atom stereocenters. The van der Waals surface area contributed by atoms with Gasteiger partial charge in [0, 0.05) is 11.6 Å². The first kappa shape index (κ1) is 16.6. The van der Waals surface area contributed by atoms with E-state index >= 15 is 0 Å². The zero-order chi connectivity index (χ0) is 16.1. The standard InChI is InChI=1S/C14H18ClN5OS/c1-3-9(2)17-12(21)8-22-14-19-18-13(20(14)16)10-6-4-5-7-11(10)15/h4-7,9H,3,8,16H2,1-2H3,(H,17,21)/t9-/m1/s1. The van der Waals surface area contributed by atoms with E-state index in [2.05, 4.69) is 15.5 Å². The predicted octanol–water partition coefficient (Wildman–Crippen LogP) is 2.32. The number of nitrogen functional groups attached to an aromatic ring is 1. The molecule has 0 bridgehead atoms. The molecule has 22 heavy (non-hydrogen) atoms.